The molecule has 5 rings (SSSR count). The Balaban J connectivity index is 1.41. The third kappa shape index (κ3) is 4.33. The molecule has 0 fully saturated rings. The van der Waals surface area contributed by atoms with Gasteiger partial charge in [0.15, 0.2) is 0 Å². The van der Waals surface area contributed by atoms with Crippen molar-refractivity contribution in [3.05, 3.63) is 101 Å². The Morgan fingerprint density at radius 1 is 0.879 bits per heavy atom. The van der Waals surface area contributed by atoms with Crippen molar-refractivity contribution in [2.45, 2.75) is 35.6 Å². The van der Waals surface area contributed by atoms with E-state index in [-0.39, 0.29) is 5.91 Å². The number of pyridine rings is 1. The number of carbonyl (C=O) groups excluding carboxylic acids is 1. The minimum atomic E-state index is -0.687. The van der Waals surface area contributed by atoms with Gasteiger partial charge in [-0.15, -0.1) is 11.3 Å². The summed E-state index contributed by atoms with van der Waals surface area (Å²) in [6, 6.07) is 22.5. The number of amides is 1. The number of carbonyl (C=O) groups is 1. The number of thiazole rings is 1. The molecule has 166 valence electrons. The topological polar surface area (TPSA) is 54.9 Å². The minimum Gasteiger partial charge on any atom is -0.349 e. The van der Waals surface area contributed by atoms with Crippen molar-refractivity contribution in [2.24, 2.45) is 0 Å². The number of benzene rings is 2. The van der Waals surface area contributed by atoms with Crippen molar-refractivity contribution in [2.75, 3.05) is 5.75 Å². The van der Waals surface area contributed by atoms with Gasteiger partial charge in [0, 0.05) is 23.5 Å². The highest BCUT2D eigenvalue weighted by atomic mass is 32.2. The van der Waals surface area contributed by atoms with Crippen LogP contribution in [0.3, 0.4) is 0 Å². The van der Waals surface area contributed by atoms with E-state index >= 15 is 0 Å². The molecule has 0 unspecified atom stereocenters. The Kier molecular flexibility index (Phi) is 6.55. The van der Waals surface area contributed by atoms with E-state index in [1.54, 1.807) is 29.3 Å². The summed E-state index contributed by atoms with van der Waals surface area (Å²) < 4.78 is 1.11. The van der Waals surface area contributed by atoms with Gasteiger partial charge in [0.25, 0.3) is 0 Å². The molecule has 0 bridgehead atoms. The number of aromatic nitrogens is 2. The first-order chi connectivity index (χ1) is 16.3. The number of rotatable bonds is 9. The normalized spacial score (nSPS) is 13.3. The van der Waals surface area contributed by atoms with E-state index in [2.05, 4.69) is 51.7 Å². The van der Waals surface area contributed by atoms with E-state index in [0.29, 0.717) is 6.54 Å². The molecule has 2 heterocycles. The Morgan fingerprint density at radius 2 is 1.61 bits per heavy atom. The zero-order chi connectivity index (χ0) is 22.5. The van der Waals surface area contributed by atoms with Crippen molar-refractivity contribution < 1.29 is 4.79 Å². The van der Waals surface area contributed by atoms with Gasteiger partial charge in [-0.2, -0.15) is 0 Å². The average molecular weight is 472 g/mol. The van der Waals surface area contributed by atoms with Crippen LogP contribution in [0.2, 0.25) is 0 Å². The van der Waals surface area contributed by atoms with Crippen molar-refractivity contribution in [3.8, 4) is 11.1 Å². The van der Waals surface area contributed by atoms with Gasteiger partial charge in [0.2, 0.25) is 5.91 Å². The van der Waals surface area contributed by atoms with Crippen LogP contribution in [0.4, 0.5) is 0 Å². The smallest absolute Gasteiger partial charge is 0.235 e. The molecule has 0 saturated carbocycles. The summed E-state index contributed by atoms with van der Waals surface area (Å²) in [4.78, 5) is 22.7. The molecule has 0 spiro atoms. The number of nitrogens with one attached hydrogen (secondary N) is 1. The standard InChI is InChI=1S/C27H25N3OS2/c31-25(30-19-20-9-5-7-15-28-20)27(14-6-8-17-32-26-29-16-18-33-26)23-12-3-1-10-21(23)22-11-2-4-13-24(22)27/h1-5,7,9-13,15-16,18H,6,8,14,17,19H2,(H,30,31). The third-order valence-electron chi connectivity index (χ3n) is 6.19. The van der Waals surface area contributed by atoms with Crippen LogP contribution in [0.15, 0.2) is 88.8 Å². The zero-order valence-corrected chi connectivity index (χ0v) is 19.9. The van der Waals surface area contributed by atoms with Gasteiger partial charge in [0.1, 0.15) is 9.75 Å². The lowest BCUT2D eigenvalue weighted by atomic mass is 9.73. The fourth-order valence-corrected chi connectivity index (χ4v) is 6.42. The zero-order valence-electron chi connectivity index (χ0n) is 18.2. The highest BCUT2D eigenvalue weighted by Crippen LogP contribution is 2.51. The summed E-state index contributed by atoms with van der Waals surface area (Å²) in [6.45, 7) is 0.422. The van der Waals surface area contributed by atoms with Crippen LogP contribution in [0, 0.1) is 0 Å². The predicted octanol–water partition coefficient (Wildman–Crippen LogP) is 6.08. The van der Waals surface area contributed by atoms with Gasteiger partial charge in [-0.05, 0) is 47.2 Å². The molecule has 2 aromatic carbocycles. The molecule has 0 aliphatic heterocycles. The fraction of sp³-hybridized carbons (Fsp3) is 0.222. The molecule has 1 aliphatic rings. The van der Waals surface area contributed by atoms with Gasteiger partial charge in [0.05, 0.1) is 12.2 Å². The average Bonchev–Trinajstić information content (AvgIpc) is 3.49. The van der Waals surface area contributed by atoms with Crippen molar-refractivity contribution >= 4 is 29.0 Å². The summed E-state index contributed by atoms with van der Waals surface area (Å²) in [5.41, 5.74) is 4.72. The maximum atomic E-state index is 14.0. The fourth-order valence-electron chi connectivity index (χ4n) is 4.71. The van der Waals surface area contributed by atoms with Gasteiger partial charge < -0.3 is 5.32 Å². The van der Waals surface area contributed by atoms with E-state index in [1.807, 2.05) is 41.9 Å². The summed E-state index contributed by atoms with van der Waals surface area (Å²) in [7, 11) is 0. The Morgan fingerprint density at radius 3 is 2.27 bits per heavy atom. The summed E-state index contributed by atoms with van der Waals surface area (Å²) in [6.07, 6.45) is 6.37. The molecule has 6 heteroatoms. The largest absolute Gasteiger partial charge is 0.349 e. The number of hydrogen-bond donors (Lipinski definition) is 1. The van der Waals surface area contributed by atoms with E-state index in [0.717, 1.165) is 46.2 Å². The SMILES string of the molecule is O=C(NCc1ccccn1)C1(CCCCSc2nccs2)c2ccccc2-c2ccccc21. The molecule has 0 atom stereocenters. The highest BCUT2D eigenvalue weighted by molar-refractivity contribution is 8.00. The van der Waals surface area contributed by atoms with Gasteiger partial charge >= 0.3 is 0 Å². The molecule has 1 aliphatic carbocycles. The van der Waals surface area contributed by atoms with Crippen LogP contribution in [0.5, 0.6) is 0 Å². The predicted molar refractivity (Wildman–Crippen MR) is 135 cm³/mol. The van der Waals surface area contributed by atoms with Crippen LogP contribution in [0.1, 0.15) is 36.1 Å². The lowest BCUT2D eigenvalue weighted by molar-refractivity contribution is -0.125. The van der Waals surface area contributed by atoms with Crippen LogP contribution in [-0.4, -0.2) is 21.6 Å². The third-order valence-corrected chi connectivity index (χ3v) is 8.24. The number of hydrogen-bond acceptors (Lipinski definition) is 5. The number of nitrogens with zero attached hydrogens (tertiary/aromatic N) is 2. The van der Waals surface area contributed by atoms with E-state index in [4.69, 9.17) is 0 Å². The molecule has 33 heavy (non-hydrogen) atoms. The van der Waals surface area contributed by atoms with Gasteiger partial charge in [-0.1, -0.05) is 72.8 Å². The molecule has 1 N–H and O–H groups in total. The second-order valence-electron chi connectivity index (χ2n) is 8.10. The monoisotopic (exact) mass is 471 g/mol. The Labute approximate surface area is 202 Å². The maximum Gasteiger partial charge on any atom is 0.235 e. The minimum absolute atomic E-state index is 0.0538. The summed E-state index contributed by atoms with van der Waals surface area (Å²) in [5, 5.41) is 5.22. The molecule has 4 aromatic rings. The number of thioether (sulfide) groups is 1. The van der Waals surface area contributed by atoms with Gasteiger partial charge in [-0.3, -0.25) is 9.78 Å². The lowest BCUT2D eigenvalue weighted by Crippen LogP contribution is -2.44. The van der Waals surface area contributed by atoms with E-state index in [9.17, 15) is 4.79 Å². The van der Waals surface area contributed by atoms with Crippen LogP contribution in [0.25, 0.3) is 11.1 Å². The van der Waals surface area contributed by atoms with Crippen molar-refractivity contribution in [1.29, 1.82) is 0 Å². The van der Waals surface area contributed by atoms with Crippen molar-refractivity contribution in [1.82, 2.24) is 15.3 Å². The Hall–Kier alpha value is -2.96. The van der Waals surface area contributed by atoms with Crippen molar-refractivity contribution in [3.63, 3.8) is 0 Å². The molecule has 1 amide bonds. The van der Waals surface area contributed by atoms with Gasteiger partial charge in [-0.25, -0.2) is 4.98 Å². The highest BCUT2D eigenvalue weighted by Gasteiger charge is 2.48. The summed E-state index contributed by atoms with van der Waals surface area (Å²) in [5.74, 6) is 1.06. The Bertz CT molecular complexity index is 1180. The number of unbranched alkanes of at least 4 members (excludes halogenated alkanes) is 1. The first-order valence-electron chi connectivity index (χ1n) is 11.2. The molecular weight excluding hydrogens is 446 g/mol. The molecular formula is C27H25N3OS2. The van der Waals surface area contributed by atoms with E-state index < -0.39 is 5.41 Å². The second kappa shape index (κ2) is 9.89. The summed E-state index contributed by atoms with van der Waals surface area (Å²) >= 11 is 3.47. The molecule has 2 aromatic heterocycles. The first-order valence-corrected chi connectivity index (χ1v) is 13.1. The lowest BCUT2D eigenvalue weighted by Gasteiger charge is -2.31. The second-order valence-corrected chi connectivity index (χ2v) is 10.3. The van der Waals surface area contributed by atoms with E-state index in [1.165, 1.54) is 11.1 Å². The quantitative estimate of drug-likeness (QED) is 0.237. The molecule has 0 saturated heterocycles. The number of fused-ring (bicyclic) bond motifs is 3. The van der Waals surface area contributed by atoms with Crippen LogP contribution >= 0.6 is 23.1 Å². The van der Waals surface area contributed by atoms with Crippen LogP contribution < -0.4 is 5.32 Å². The molecule has 0 radical (unpaired) electrons. The molecule has 4 nitrogen and oxygen atoms in total. The maximum absolute atomic E-state index is 14.0. The first kappa shape index (κ1) is 21.9. The van der Waals surface area contributed by atoms with Crippen LogP contribution in [-0.2, 0) is 16.8 Å².